The molecule has 2 unspecified atom stereocenters. The van der Waals surface area contributed by atoms with E-state index in [-0.39, 0.29) is 6.04 Å². The van der Waals surface area contributed by atoms with Crippen LogP contribution in [0.1, 0.15) is 48.8 Å². The van der Waals surface area contributed by atoms with E-state index in [2.05, 4.69) is 32.0 Å². The molecule has 0 bridgehead atoms. The Balaban J connectivity index is 1.70. The number of aryl methyl sites for hydroxylation is 2. The maximum Gasteiger partial charge on any atom is 0.0576 e. The minimum Gasteiger partial charge on any atom is -0.378 e. The predicted octanol–water partition coefficient (Wildman–Crippen LogP) is 3.52. The SMILES string of the molecule is Cc1ccc(CC(N)CCCC2CCCO2)cc1C. The number of hydrogen-bond acceptors (Lipinski definition) is 2. The van der Waals surface area contributed by atoms with Crippen LogP contribution in [0.4, 0.5) is 0 Å². The van der Waals surface area contributed by atoms with Crippen LogP contribution in [0, 0.1) is 13.8 Å². The Morgan fingerprint density at radius 2 is 2.16 bits per heavy atom. The van der Waals surface area contributed by atoms with Crippen LogP contribution in [0.15, 0.2) is 18.2 Å². The van der Waals surface area contributed by atoms with E-state index in [1.54, 1.807) is 0 Å². The molecule has 0 aromatic heterocycles. The fraction of sp³-hybridized carbons (Fsp3) is 0.647. The molecule has 2 N–H and O–H groups in total. The molecule has 1 aliphatic rings. The molecule has 2 atom stereocenters. The second-order valence-corrected chi connectivity index (χ2v) is 5.95. The number of hydrogen-bond donors (Lipinski definition) is 1. The molecular formula is C17H27NO. The predicted molar refractivity (Wildman–Crippen MR) is 80.4 cm³/mol. The molecular weight excluding hydrogens is 234 g/mol. The van der Waals surface area contributed by atoms with E-state index < -0.39 is 0 Å². The molecule has 0 saturated carbocycles. The van der Waals surface area contributed by atoms with E-state index in [9.17, 15) is 0 Å². The number of ether oxygens (including phenoxy) is 1. The summed E-state index contributed by atoms with van der Waals surface area (Å²) in [6.07, 6.45) is 7.46. The highest BCUT2D eigenvalue weighted by molar-refractivity contribution is 5.30. The monoisotopic (exact) mass is 261 g/mol. The zero-order valence-electron chi connectivity index (χ0n) is 12.3. The van der Waals surface area contributed by atoms with Crippen molar-refractivity contribution < 1.29 is 4.74 Å². The molecule has 1 saturated heterocycles. The summed E-state index contributed by atoms with van der Waals surface area (Å²) in [5, 5.41) is 0. The van der Waals surface area contributed by atoms with Crippen LogP contribution in [-0.4, -0.2) is 18.8 Å². The second kappa shape index (κ2) is 7.06. The highest BCUT2D eigenvalue weighted by Crippen LogP contribution is 2.19. The van der Waals surface area contributed by atoms with Crippen LogP contribution in [0.25, 0.3) is 0 Å². The first-order valence-corrected chi connectivity index (χ1v) is 7.58. The molecule has 1 fully saturated rings. The van der Waals surface area contributed by atoms with Crippen molar-refractivity contribution in [2.24, 2.45) is 5.73 Å². The molecule has 0 aliphatic carbocycles. The molecule has 0 radical (unpaired) electrons. The van der Waals surface area contributed by atoms with Gasteiger partial charge in [0.25, 0.3) is 0 Å². The van der Waals surface area contributed by atoms with Crippen molar-refractivity contribution in [3.05, 3.63) is 34.9 Å². The molecule has 0 amide bonds. The summed E-state index contributed by atoms with van der Waals surface area (Å²) in [5.41, 5.74) is 10.3. The summed E-state index contributed by atoms with van der Waals surface area (Å²) in [7, 11) is 0. The van der Waals surface area contributed by atoms with E-state index in [0.29, 0.717) is 6.10 Å². The van der Waals surface area contributed by atoms with Gasteiger partial charge < -0.3 is 10.5 Å². The van der Waals surface area contributed by atoms with Gasteiger partial charge in [-0.05, 0) is 69.1 Å². The largest absolute Gasteiger partial charge is 0.378 e. The standard InChI is InChI=1S/C17H27NO/c1-13-8-9-15(11-14(13)2)12-16(18)5-3-6-17-7-4-10-19-17/h8-9,11,16-17H,3-7,10,12,18H2,1-2H3. The lowest BCUT2D eigenvalue weighted by Gasteiger charge is -2.14. The smallest absolute Gasteiger partial charge is 0.0576 e. The Labute approximate surface area is 117 Å². The van der Waals surface area contributed by atoms with E-state index in [1.165, 1.54) is 42.4 Å². The number of rotatable bonds is 6. The van der Waals surface area contributed by atoms with Gasteiger partial charge in [-0.15, -0.1) is 0 Å². The summed E-state index contributed by atoms with van der Waals surface area (Å²) in [6, 6.07) is 6.96. The van der Waals surface area contributed by atoms with Gasteiger partial charge in [0.1, 0.15) is 0 Å². The quantitative estimate of drug-likeness (QED) is 0.850. The van der Waals surface area contributed by atoms with Gasteiger partial charge in [-0.3, -0.25) is 0 Å². The fourth-order valence-electron chi connectivity index (χ4n) is 2.82. The third-order valence-corrected chi connectivity index (χ3v) is 4.19. The fourth-order valence-corrected chi connectivity index (χ4v) is 2.82. The van der Waals surface area contributed by atoms with Crippen molar-refractivity contribution >= 4 is 0 Å². The van der Waals surface area contributed by atoms with E-state index in [4.69, 9.17) is 10.5 Å². The maximum atomic E-state index is 6.24. The second-order valence-electron chi connectivity index (χ2n) is 5.95. The Kier molecular flexibility index (Phi) is 5.41. The topological polar surface area (TPSA) is 35.2 Å². The van der Waals surface area contributed by atoms with Crippen molar-refractivity contribution in [1.29, 1.82) is 0 Å². The molecule has 2 rings (SSSR count). The van der Waals surface area contributed by atoms with Crippen LogP contribution in [0.2, 0.25) is 0 Å². The molecule has 106 valence electrons. The van der Waals surface area contributed by atoms with Crippen molar-refractivity contribution in [2.75, 3.05) is 6.61 Å². The highest BCUT2D eigenvalue weighted by Gasteiger charge is 2.15. The van der Waals surface area contributed by atoms with E-state index in [0.717, 1.165) is 19.4 Å². The van der Waals surface area contributed by atoms with Crippen LogP contribution in [-0.2, 0) is 11.2 Å². The van der Waals surface area contributed by atoms with Gasteiger partial charge in [-0.25, -0.2) is 0 Å². The molecule has 1 aromatic rings. The van der Waals surface area contributed by atoms with Crippen molar-refractivity contribution in [2.45, 2.75) is 64.5 Å². The lowest BCUT2D eigenvalue weighted by atomic mass is 9.98. The van der Waals surface area contributed by atoms with Crippen molar-refractivity contribution in [3.8, 4) is 0 Å². The third kappa shape index (κ3) is 4.63. The number of benzene rings is 1. The van der Waals surface area contributed by atoms with Crippen LogP contribution in [0.5, 0.6) is 0 Å². The zero-order valence-corrected chi connectivity index (χ0v) is 12.3. The van der Waals surface area contributed by atoms with Crippen molar-refractivity contribution in [3.63, 3.8) is 0 Å². The van der Waals surface area contributed by atoms with Gasteiger partial charge >= 0.3 is 0 Å². The lowest BCUT2D eigenvalue weighted by molar-refractivity contribution is 0.101. The van der Waals surface area contributed by atoms with Gasteiger partial charge in [-0.2, -0.15) is 0 Å². The summed E-state index contributed by atoms with van der Waals surface area (Å²) >= 11 is 0. The molecule has 19 heavy (non-hydrogen) atoms. The normalized spacial score (nSPS) is 20.7. The van der Waals surface area contributed by atoms with Crippen LogP contribution in [0.3, 0.4) is 0 Å². The van der Waals surface area contributed by atoms with Crippen LogP contribution >= 0.6 is 0 Å². The Hall–Kier alpha value is -0.860. The third-order valence-electron chi connectivity index (χ3n) is 4.19. The van der Waals surface area contributed by atoms with E-state index >= 15 is 0 Å². The van der Waals surface area contributed by atoms with Gasteiger partial charge in [0.05, 0.1) is 6.10 Å². The molecule has 2 heteroatoms. The molecule has 1 heterocycles. The van der Waals surface area contributed by atoms with Gasteiger partial charge in [0, 0.05) is 12.6 Å². The molecule has 0 spiro atoms. The van der Waals surface area contributed by atoms with Crippen LogP contribution < -0.4 is 5.73 Å². The zero-order chi connectivity index (χ0) is 13.7. The summed E-state index contributed by atoms with van der Waals surface area (Å²) in [4.78, 5) is 0. The van der Waals surface area contributed by atoms with E-state index in [1.807, 2.05) is 0 Å². The minimum atomic E-state index is 0.281. The molecule has 2 nitrogen and oxygen atoms in total. The Morgan fingerprint density at radius 3 is 2.84 bits per heavy atom. The first kappa shape index (κ1) is 14.5. The highest BCUT2D eigenvalue weighted by atomic mass is 16.5. The first-order valence-electron chi connectivity index (χ1n) is 7.58. The first-order chi connectivity index (χ1) is 9.15. The lowest BCUT2D eigenvalue weighted by Crippen LogP contribution is -2.23. The Morgan fingerprint density at radius 1 is 1.32 bits per heavy atom. The Bertz CT molecular complexity index is 396. The van der Waals surface area contributed by atoms with Gasteiger partial charge in [0.2, 0.25) is 0 Å². The summed E-state index contributed by atoms with van der Waals surface area (Å²) in [6.45, 7) is 5.28. The number of nitrogens with two attached hydrogens (primary N) is 1. The summed E-state index contributed by atoms with van der Waals surface area (Å²) in [5.74, 6) is 0. The summed E-state index contributed by atoms with van der Waals surface area (Å²) < 4.78 is 5.64. The van der Waals surface area contributed by atoms with Gasteiger partial charge in [0.15, 0.2) is 0 Å². The minimum absolute atomic E-state index is 0.281. The molecule has 1 aliphatic heterocycles. The van der Waals surface area contributed by atoms with Gasteiger partial charge in [-0.1, -0.05) is 18.2 Å². The van der Waals surface area contributed by atoms with Crippen molar-refractivity contribution in [1.82, 2.24) is 0 Å². The maximum absolute atomic E-state index is 6.24. The average molecular weight is 261 g/mol. The molecule has 1 aromatic carbocycles. The average Bonchev–Trinajstić information content (AvgIpc) is 2.87.